The molecule has 20 heavy (non-hydrogen) atoms. The maximum absolute atomic E-state index is 2.32. The normalized spacial score (nSPS) is 11.2. The summed E-state index contributed by atoms with van der Waals surface area (Å²) in [5, 5.41) is 2.63. The number of hydrogen-bond donors (Lipinski definition) is 0. The van der Waals surface area contributed by atoms with Crippen LogP contribution in [0.3, 0.4) is 0 Å². The molecule has 0 unspecified atom stereocenters. The molecule has 0 aliphatic heterocycles. The van der Waals surface area contributed by atoms with Gasteiger partial charge in [0.1, 0.15) is 0 Å². The van der Waals surface area contributed by atoms with Gasteiger partial charge in [-0.1, -0.05) is 75.4 Å². The molecule has 0 amide bonds. The number of aryl methyl sites for hydroxylation is 2. The van der Waals surface area contributed by atoms with Crippen molar-refractivity contribution < 1.29 is 0 Å². The summed E-state index contributed by atoms with van der Waals surface area (Å²) in [6, 6.07) is 19.6. The van der Waals surface area contributed by atoms with Gasteiger partial charge in [0.25, 0.3) is 0 Å². The monoisotopic (exact) mass is 264 g/mol. The van der Waals surface area contributed by atoms with Crippen molar-refractivity contribution in [3.8, 4) is 0 Å². The fourth-order valence-electron chi connectivity index (χ4n) is 2.33. The van der Waals surface area contributed by atoms with E-state index in [1.54, 1.807) is 0 Å². The Morgan fingerprint density at radius 2 is 1.40 bits per heavy atom. The summed E-state index contributed by atoms with van der Waals surface area (Å²) >= 11 is 0. The van der Waals surface area contributed by atoms with Gasteiger partial charge in [-0.25, -0.2) is 0 Å². The van der Waals surface area contributed by atoms with Crippen LogP contribution in [-0.4, -0.2) is 0 Å². The average molecular weight is 264 g/mol. The lowest BCUT2D eigenvalue weighted by atomic mass is 9.85. The molecular formula is C20H24. The zero-order chi connectivity index (χ0) is 14.8. The zero-order valence-electron chi connectivity index (χ0n) is 13.2. The minimum Gasteiger partial charge on any atom is -0.0623 e. The van der Waals surface area contributed by atoms with Crippen LogP contribution in [0, 0.1) is 13.8 Å². The van der Waals surface area contributed by atoms with Gasteiger partial charge >= 0.3 is 0 Å². The van der Waals surface area contributed by atoms with Gasteiger partial charge < -0.3 is 0 Å². The number of benzene rings is 1. The first kappa shape index (κ1) is 14.6. The van der Waals surface area contributed by atoms with Gasteiger partial charge in [0.2, 0.25) is 0 Å². The Kier molecular flexibility index (Phi) is 4.13. The summed E-state index contributed by atoms with van der Waals surface area (Å²) in [6.45, 7) is 11.2. The topological polar surface area (TPSA) is 0 Å². The second kappa shape index (κ2) is 5.66. The maximum atomic E-state index is 2.32. The van der Waals surface area contributed by atoms with Crippen LogP contribution in [0.5, 0.6) is 0 Å². The lowest BCUT2D eigenvalue weighted by Crippen LogP contribution is -2.10. The summed E-state index contributed by atoms with van der Waals surface area (Å²) in [5.41, 5.74) is 4.22. The van der Waals surface area contributed by atoms with Gasteiger partial charge in [0, 0.05) is 0 Å². The minimum absolute atomic E-state index is 0.181. The first-order chi connectivity index (χ1) is 9.39. The smallest absolute Gasteiger partial charge is 0.0132 e. The Morgan fingerprint density at radius 3 is 2.05 bits per heavy atom. The van der Waals surface area contributed by atoms with Crippen molar-refractivity contribution in [3.05, 3.63) is 71.3 Å². The van der Waals surface area contributed by atoms with E-state index in [-0.39, 0.29) is 5.41 Å². The molecule has 0 heterocycles. The fraction of sp³-hybridized carbons (Fsp3) is 0.300. The highest BCUT2D eigenvalue weighted by atomic mass is 14.2. The van der Waals surface area contributed by atoms with Crippen LogP contribution in [0.1, 0.15) is 37.5 Å². The first-order valence-electron chi connectivity index (χ1n) is 7.23. The highest BCUT2D eigenvalue weighted by Gasteiger charge is 2.13. The van der Waals surface area contributed by atoms with Gasteiger partial charge in [-0.3, -0.25) is 0 Å². The summed E-state index contributed by atoms with van der Waals surface area (Å²) in [7, 11) is 0. The SMILES string of the molecule is Cc1ccccccc2cc(C(C)(C)C)ccc2c1C. The lowest BCUT2D eigenvalue weighted by Gasteiger charge is -2.19. The molecule has 0 radical (unpaired) electrons. The molecule has 2 aromatic carbocycles. The van der Waals surface area contributed by atoms with Crippen LogP contribution in [0.25, 0.3) is 10.8 Å². The molecule has 2 rings (SSSR count). The van der Waals surface area contributed by atoms with Crippen LogP contribution in [0.15, 0.2) is 54.6 Å². The van der Waals surface area contributed by atoms with E-state index in [1.807, 2.05) is 0 Å². The highest BCUT2D eigenvalue weighted by molar-refractivity contribution is 5.85. The van der Waals surface area contributed by atoms with Crippen LogP contribution in [0.2, 0.25) is 0 Å². The van der Waals surface area contributed by atoms with Crippen molar-refractivity contribution in [3.63, 3.8) is 0 Å². The van der Waals surface area contributed by atoms with E-state index < -0.39 is 0 Å². The molecule has 0 fully saturated rings. The molecule has 0 aliphatic rings. The van der Waals surface area contributed by atoms with E-state index in [4.69, 9.17) is 0 Å². The Morgan fingerprint density at radius 1 is 0.750 bits per heavy atom. The molecule has 0 aliphatic carbocycles. The van der Waals surface area contributed by atoms with Gasteiger partial charge in [-0.15, -0.1) is 0 Å². The van der Waals surface area contributed by atoms with Crippen molar-refractivity contribution in [2.75, 3.05) is 0 Å². The predicted molar refractivity (Wildman–Crippen MR) is 89.8 cm³/mol. The Bertz CT molecular complexity index is 671. The highest BCUT2D eigenvalue weighted by Crippen LogP contribution is 2.27. The number of hydrogen-bond acceptors (Lipinski definition) is 0. The summed E-state index contributed by atoms with van der Waals surface area (Å²) < 4.78 is 0. The fourth-order valence-corrected chi connectivity index (χ4v) is 2.33. The van der Waals surface area contributed by atoms with E-state index in [9.17, 15) is 0 Å². The summed E-state index contributed by atoms with van der Waals surface area (Å²) in [4.78, 5) is 0. The van der Waals surface area contributed by atoms with Gasteiger partial charge in [0.05, 0.1) is 0 Å². The molecule has 0 heteroatoms. The number of fused-ring (bicyclic) bond motifs is 1. The molecule has 0 saturated carbocycles. The lowest BCUT2D eigenvalue weighted by molar-refractivity contribution is 0.591. The Hall–Kier alpha value is -1.82. The second-order valence-corrected chi connectivity index (χ2v) is 6.46. The molecular weight excluding hydrogens is 240 g/mol. The van der Waals surface area contributed by atoms with Crippen molar-refractivity contribution in [1.29, 1.82) is 0 Å². The third-order valence-electron chi connectivity index (χ3n) is 3.87. The number of rotatable bonds is 0. The standard InChI is InChI=1S/C20H24/c1-15-10-8-6-7-9-11-17-14-18(20(3,4)5)12-13-19(17)16(15)2/h6-14H,1-5H3. The van der Waals surface area contributed by atoms with Crippen molar-refractivity contribution >= 4 is 10.8 Å². The minimum atomic E-state index is 0.181. The maximum Gasteiger partial charge on any atom is -0.0132 e. The summed E-state index contributed by atoms with van der Waals surface area (Å²) in [6.07, 6.45) is 0. The van der Waals surface area contributed by atoms with E-state index in [2.05, 4.69) is 89.2 Å². The van der Waals surface area contributed by atoms with Crippen LogP contribution in [-0.2, 0) is 5.41 Å². The largest absolute Gasteiger partial charge is 0.0623 e. The third kappa shape index (κ3) is 3.19. The second-order valence-electron chi connectivity index (χ2n) is 6.46. The molecule has 2 aromatic rings. The average Bonchev–Trinajstić information content (AvgIpc) is 2.40. The van der Waals surface area contributed by atoms with Crippen LogP contribution >= 0.6 is 0 Å². The Balaban J connectivity index is 2.86. The molecule has 0 atom stereocenters. The molecule has 0 N–H and O–H groups in total. The van der Waals surface area contributed by atoms with Crippen molar-refractivity contribution in [2.24, 2.45) is 0 Å². The predicted octanol–water partition coefficient (Wildman–Crippen LogP) is 5.88. The van der Waals surface area contributed by atoms with E-state index >= 15 is 0 Å². The van der Waals surface area contributed by atoms with Crippen LogP contribution in [0.4, 0.5) is 0 Å². The van der Waals surface area contributed by atoms with E-state index in [0.29, 0.717) is 0 Å². The van der Waals surface area contributed by atoms with Gasteiger partial charge in [-0.05, 0) is 46.7 Å². The van der Waals surface area contributed by atoms with Crippen LogP contribution < -0.4 is 0 Å². The zero-order valence-corrected chi connectivity index (χ0v) is 13.2. The molecule has 0 aromatic heterocycles. The molecule has 0 nitrogen and oxygen atoms in total. The third-order valence-corrected chi connectivity index (χ3v) is 3.87. The molecule has 0 spiro atoms. The van der Waals surface area contributed by atoms with Gasteiger partial charge in [-0.2, -0.15) is 0 Å². The van der Waals surface area contributed by atoms with E-state index in [0.717, 1.165) is 0 Å². The quantitative estimate of drug-likeness (QED) is 0.557. The Labute approximate surface area is 122 Å². The van der Waals surface area contributed by atoms with Crippen molar-refractivity contribution in [2.45, 2.75) is 40.0 Å². The molecule has 0 bridgehead atoms. The molecule has 0 saturated heterocycles. The van der Waals surface area contributed by atoms with Gasteiger partial charge in [0.15, 0.2) is 0 Å². The van der Waals surface area contributed by atoms with Crippen molar-refractivity contribution in [1.82, 2.24) is 0 Å². The first-order valence-corrected chi connectivity index (χ1v) is 7.23. The molecule has 104 valence electrons. The van der Waals surface area contributed by atoms with E-state index in [1.165, 1.54) is 27.5 Å². The summed E-state index contributed by atoms with van der Waals surface area (Å²) in [5.74, 6) is 0.